The van der Waals surface area contributed by atoms with Crippen LogP contribution in [0.4, 0.5) is 9.59 Å². The molecule has 0 aromatic carbocycles. The van der Waals surface area contributed by atoms with Crippen LogP contribution in [0.15, 0.2) is 0 Å². The topological polar surface area (TPSA) is 129 Å². The molecule has 0 aliphatic heterocycles. The van der Waals surface area contributed by atoms with Crippen LogP contribution in [0.2, 0.25) is 0 Å². The second-order valence-corrected chi connectivity index (χ2v) is 9.48. The molecule has 0 atom stereocenters. The number of rotatable bonds is 8. The molecule has 0 bridgehead atoms. The van der Waals surface area contributed by atoms with E-state index in [0.29, 0.717) is 11.8 Å². The van der Waals surface area contributed by atoms with E-state index in [-0.39, 0.29) is 45.8 Å². The average molecular weight is 606 g/mol. The molecule has 2 aliphatic carbocycles. The summed E-state index contributed by atoms with van der Waals surface area (Å²) in [6, 6.07) is 0. The van der Waals surface area contributed by atoms with Gasteiger partial charge in [0.2, 0.25) is 0 Å². The SMILES string of the molecule is CC(C)(C)OC(=O)NCCOC(=O)[C]1[CH][CH][CH][CH]1.CC(C)(C)OC(=O)NCCOC(=O)[C]1[CH][CH][CH][CH]1.[Ru+2]. The van der Waals surface area contributed by atoms with Crippen LogP contribution >= 0.6 is 0 Å². The number of esters is 2. The first-order valence-corrected chi connectivity index (χ1v) is 11.5. The third-order valence-corrected chi connectivity index (χ3v) is 3.80. The van der Waals surface area contributed by atoms with Crippen LogP contribution in [0.3, 0.4) is 0 Å². The molecule has 2 fully saturated rings. The van der Waals surface area contributed by atoms with Crippen molar-refractivity contribution >= 4 is 24.1 Å². The number of amides is 2. The Kier molecular flexibility index (Phi) is 16.7. The van der Waals surface area contributed by atoms with Crippen LogP contribution in [0.1, 0.15) is 41.5 Å². The largest absolute Gasteiger partial charge is 2.00 e. The molecule has 2 aliphatic rings. The fourth-order valence-electron chi connectivity index (χ4n) is 2.41. The summed E-state index contributed by atoms with van der Waals surface area (Å²) in [5.74, 6) is 0.219. The molecule has 2 saturated carbocycles. The van der Waals surface area contributed by atoms with Gasteiger partial charge in [0.1, 0.15) is 24.4 Å². The molecular formula is C26H36N2O8Ru+2. The molecule has 0 heterocycles. The van der Waals surface area contributed by atoms with Gasteiger partial charge in [-0.05, 0) is 92.9 Å². The Labute approximate surface area is 234 Å². The Morgan fingerprint density at radius 2 is 0.919 bits per heavy atom. The van der Waals surface area contributed by atoms with E-state index in [1.165, 1.54) is 0 Å². The minimum Gasteiger partial charge on any atom is -0.463 e. The Bertz CT molecular complexity index is 646. The first kappa shape index (κ1) is 35.1. The molecule has 2 N–H and O–H groups in total. The van der Waals surface area contributed by atoms with Gasteiger partial charge in [-0.25, -0.2) is 9.59 Å². The average Bonchev–Trinajstić information content (AvgIpc) is 3.46. The van der Waals surface area contributed by atoms with Crippen LogP contribution in [-0.4, -0.2) is 61.6 Å². The molecule has 204 valence electrons. The maximum atomic E-state index is 11.4. The van der Waals surface area contributed by atoms with Gasteiger partial charge in [-0.3, -0.25) is 9.59 Å². The van der Waals surface area contributed by atoms with Gasteiger partial charge in [0.15, 0.2) is 0 Å². The van der Waals surface area contributed by atoms with E-state index >= 15 is 0 Å². The zero-order chi connectivity index (χ0) is 27.2. The molecule has 2 amide bonds. The van der Waals surface area contributed by atoms with E-state index in [1.807, 2.05) is 0 Å². The predicted molar refractivity (Wildman–Crippen MR) is 131 cm³/mol. The molecular weight excluding hydrogens is 569 g/mol. The van der Waals surface area contributed by atoms with Crippen LogP contribution in [-0.2, 0) is 48.0 Å². The normalized spacial score (nSPS) is 15.9. The van der Waals surface area contributed by atoms with E-state index in [9.17, 15) is 19.2 Å². The molecule has 37 heavy (non-hydrogen) atoms. The smallest absolute Gasteiger partial charge is 0.463 e. The second-order valence-electron chi connectivity index (χ2n) is 9.48. The molecule has 2 rings (SSSR count). The molecule has 10 nitrogen and oxygen atoms in total. The summed E-state index contributed by atoms with van der Waals surface area (Å²) in [4.78, 5) is 45.3. The van der Waals surface area contributed by atoms with E-state index in [4.69, 9.17) is 18.9 Å². The Balaban J connectivity index is 0.000000682. The van der Waals surface area contributed by atoms with Crippen LogP contribution in [0, 0.1) is 63.2 Å². The number of alkyl carbamates (subject to hydrolysis) is 2. The van der Waals surface area contributed by atoms with Gasteiger partial charge in [0, 0.05) is 0 Å². The summed E-state index contributed by atoms with van der Waals surface area (Å²) in [5, 5.41) is 5.00. The zero-order valence-corrected chi connectivity index (χ0v) is 23.8. The van der Waals surface area contributed by atoms with Crippen molar-refractivity contribution in [2.45, 2.75) is 52.7 Å². The molecule has 0 aromatic rings. The van der Waals surface area contributed by atoms with Crippen molar-refractivity contribution in [3.05, 3.63) is 63.2 Å². The first-order valence-electron chi connectivity index (χ1n) is 11.5. The summed E-state index contributed by atoms with van der Waals surface area (Å²) >= 11 is 0. The first-order chi connectivity index (χ1) is 16.8. The summed E-state index contributed by atoms with van der Waals surface area (Å²) < 4.78 is 20.0. The minimum atomic E-state index is -0.532. The third kappa shape index (κ3) is 18.1. The van der Waals surface area contributed by atoms with Crippen molar-refractivity contribution in [1.82, 2.24) is 10.6 Å². The number of carbonyl (C=O) groups excluding carboxylic acids is 4. The second kappa shape index (κ2) is 17.6. The monoisotopic (exact) mass is 606 g/mol. The minimum absolute atomic E-state index is 0. The van der Waals surface area contributed by atoms with E-state index < -0.39 is 35.3 Å². The van der Waals surface area contributed by atoms with Crippen molar-refractivity contribution in [2.75, 3.05) is 26.3 Å². The molecule has 0 saturated heterocycles. The number of hydrogen-bond acceptors (Lipinski definition) is 8. The van der Waals surface area contributed by atoms with Crippen molar-refractivity contribution in [1.29, 1.82) is 0 Å². The fourth-order valence-corrected chi connectivity index (χ4v) is 2.41. The molecule has 0 aromatic heterocycles. The summed E-state index contributed by atoms with van der Waals surface area (Å²) in [6.45, 7) is 11.4. The molecule has 0 unspecified atom stereocenters. The molecule has 0 spiro atoms. The van der Waals surface area contributed by atoms with Crippen molar-refractivity contribution < 1.29 is 57.6 Å². The molecule has 11 heteroatoms. The Morgan fingerprint density at radius 3 is 1.19 bits per heavy atom. The summed E-state index contributed by atoms with van der Waals surface area (Å²) in [7, 11) is 0. The van der Waals surface area contributed by atoms with Gasteiger partial charge in [-0.2, -0.15) is 0 Å². The zero-order valence-electron chi connectivity index (χ0n) is 22.1. The van der Waals surface area contributed by atoms with Gasteiger partial charge < -0.3 is 29.6 Å². The van der Waals surface area contributed by atoms with Gasteiger partial charge in [0.25, 0.3) is 0 Å². The number of ether oxygens (including phenoxy) is 4. The predicted octanol–water partition coefficient (Wildman–Crippen LogP) is 2.92. The van der Waals surface area contributed by atoms with E-state index in [2.05, 4.69) is 10.6 Å². The van der Waals surface area contributed by atoms with Crippen LogP contribution in [0.25, 0.3) is 0 Å². The summed E-state index contributed by atoms with van der Waals surface area (Å²) in [5.41, 5.74) is -1.06. The van der Waals surface area contributed by atoms with Gasteiger partial charge in [0.05, 0.1) is 24.9 Å². The summed E-state index contributed by atoms with van der Waals surface area (Å²) in [6.07, 6.45) is 12.7. The Hall–Kier alpha value is -1.90. The van der Waals surface area contributed by atoms with Crippen molar-refractivity contribution in [3.63, 3.8) is 0 Å². The van der Waals surface area contributed by atoms with Crippen molar-refractivity contribution in [3.8, 4) is 0 Å². The Morgan fingerprint density at radius 1 is 0.622 bits per heavy atom. The van der Waals surface area contributed by atoms with E-state index in [0.717, 1.165) is 0 Å². The van der Waals surface area contributed by atoms with Gasteiger partial charge in [-0.1, -0.05) is 0 Å². The number of hydrogen-bond donors (Lipinski definition) is 2. The maximum absolute atomic E-state index is 11.4. The van der Waals surface area contributed by atoms with Crippen LogP contribution < -0.4 is 10.6 Å². The van der Waals surface area contributed by atoms with Gasteiger partial charge in [-0.15, -0.1) is 0 Å². The van der Waals surface area contributed by atoms with Crippen LogP contribution in [0.5, 0.6) is 0 Å². The van der Waals surface area contributed by atoms with E-state index in [1.54, 1.807) is 92.9 Å². The standard InChI is InChI=1S/2C13H18NO4.Ru/c2*1-13(2,3)18-12(16)14-8-9-17-11(15)10-6-4-5-7-10;/h2*4-7H,8-9H2,1-3H3,(H,14,16);/q;;+2. The van der Waals surface area contributed by atoms with Crippen molar-refractivity contribution in [2.24, 2.45) is 0 Å². The molecule has 10 radical (unpaired) electrons. The van der Waals surface area contributed by atoms with Gasteiger partial charge >= 0.3 is 43.6 Å². The number of carbonyl (C=O) groups is 4. The maximum Gasteiger partial charge on any atom is 2.00 e. The quantitative estimate of drug-likeness (QED) is 0.187. The third-order valence-electron chi connectivity index (χ3n) is 3.80. The number of nitrogens with one attached hydrogen (secondary N) is 2. The fraction of sp³-hybridized carbons (Fsp3) is 0.462.